The van der Waals surface area contributed by atoms with Gasteiger partial charge in [0, 0.05) is 0 Å². The Kier molecular flexibility index (Phi) is 3.48. The second-order valence-electron chi connectivity index (χ2n) is 0.523. The fourth-order valence-electron chi connectivity index (χ4n) is 0.0589. The van der Waals surface area contributed by atoms with Crippen LogP contribution in [-0.2, 0) is 20.4 Å². The molecule has 0 aromatic rings. The highest BCUT2D eigenvalue weighted by atomic mass is 32.2. The van der Waals surface area contributed by atoms with Crippen LogP contribution in [0.15, 0.2) is 0 Å². The standard InChI is InChI=1S/CH3NO4S/c3-1-2-6-7(4)5/h1H,(H,2,3)(H,4,5)/p-1. The van der Waals surface area contributed by atoms with Gasteiger partial charge in [0.25, 0.3) is 0 Å². The van der Waals surface area contributed by atoms with E-state index in [0.717, 1.165) is 0 Å². The predicted octanol–water partition coefficient (Wildman–Crippen LogP) is -1.54. The minimum Gasteiger partial charge on any atom is -0.748 e. The summed E-state index contributed by atoms with van der Waals surface area (Å²) in [5.41, 5.74) is 1.45. The summed E-state index contributed by atoms with van der Waals surface area (Å²) < 4.78 is 22.1. The average Bonchev–Trinajstić information content (AvgIpc) is 1.61. The lowest BCUT2D eigenvalue weighted by molar-refractivity contribution is -0.115. The third kappa shape index (κ3) is 5.54. The summed E-state index contributed by atoms with van der Waals surface area (Å²) in [4.78, 5) is 9.20. The molecule has 1 unspecified atom stereocenters. The van der Waals surface area contributed by atoms with Crippen LogP contribution in [0, 0.1) is 0 Å². The highest BCUT2D eigenvalue weighted by Crippen LogP contribution is 1.64. The van der Waals surface area contributed by atoms with Gasteiger partial charge in [-0.05, 0) is 0 Å². The number of nitrogens with one attached hydrogen (secondary N) is 1. The topological polar surface area (TPSA) is 78.5 Å². The molecule has 0 aromatic carbocycles. The zero-order valence-electron chi connectivity index (χ0n) is 3.12. The van der Waals surface area contributed by atoms with Crippen LogP contribution >= 0.6 is 0 Å². The maximum absolute atomic E-state index is 9.31. The van der Waals surface area contributed by atoms with Crippen LogP contribution in [0.2, 0.25) is 0 Å². The summed E-state index contributed by atoms with van der Waals surface area (Å²) in [5, 5.41) is 0. The first-order valence-corrected chi connectivity index (χ1v) is 2.23. The van der Waals surface area contributed by atoms with Gasteiger partial charge in [-0.3, -0.25) is 4.79 Å². The van der Waals surface area contributed by atoms with Crippen LogP contribution in [0.3, 0.4) is 0 Å². The van der Waals surface area contributed by atoms with E-state index in [2.05, 4.69) is 4.28 Å². The normalized spacial score (nSPS) is 12.7. The minimum atomic E-state index is -2.66. The molecule has 0 spiro atoms. The molecule has 1 N–H and O–H groups in total. The highest BCUT2D eigenvalue weighted by Gasteiger charge is 1.73. The summed E-state index contributed by atoms with van der Waals surface area (Å²) in [6, 6.07) is 0. The molecule has 0 rings (SSSR count). The molecule has 0 aliphatic carbocycles. The van der Waals surface area contributed by atoms with Crippen molar-refractivity contribution in [1.82, 2.24) is 5.48 Å². The first-order valence-electron chi connectivity index (χ1n) is 1.23. The number of hydroxylamine groups is 1. The van der Waals surface area contributed by atoms with E-state index < -0.39 is 11.4 Å². The Morgan fingerprint density at radius 3 is 2.57 bits per heavy atom. The van der Waals surface area contributed by atoms with Crippen molar-refractivity contribution in [1.29, 1.82) is 0 Å². The second-order valence-corrected chi connectivity index (χ2v) is 1.10. The van der Waals surface area contributed by atoms with Crippen molar-refractivity contribution in [3.05, 3.63) is 0 Å². The molecule has 1 atom stereocenters. The van der Waals surface area contributed by atoms with Gasteiger partial charge in [-0.1, -0.05) is 0 Å². The summed E-state index contributed by atoms with van der Waals surface area (Å²) in [5.74, 6) is 0. The lowest BCUT2D eigenvalue weighted by Crippen LogP contribution is -2.12. The summed E-state index contributed by atoms with van der Waals surface area (Å²) in [6.07, 6.45) is 0.107. The van der Waals surface area contributed by atoms with Crippen LogP contribution in [0.4, 0.5) is 0 Å². The summed E-state index contributed by atoms with van der Waals surface area (Å²) >= 11 is -2.66. The van der Waals surface area contributed by atoms with Crippen molar-refractivity contribution in [2.45, 2.75) is 0 Å². The molecule has 0 saturated carbocycles. The minimum absolute atomic E-state index is 0.107. The van der Waals surface area contributed by atoms with E-state index in [1.54, 1.807) is 0 Å². The van der Waals surface area contributed by atoms with E-state index in [-0.39, 0.29) is 6.41 Å². The maximum Gasteiger partial charge on any atom is 0.231 e. The van der Waals surface area contributed by atoms with Gasteiger partial charge in [0.15, 0.2) is 0 Å². The van der Waals surface area contributed by atoms with Crippen LogP contribution in [0.1, 0.15) is 0 Å². The second kappa shape index (κ2) is 3.72. The number of carbonyl (C=O) groups excluding carboxylic acids is 1. The van der Waals surface area contributed by atoms with Crippen LogP contribution < -0.4 is 5.48 Å². The fraction of sp³-hybridized carbons (Fsp3) is 0. The van der Waals surface area contributed by atoms with Crippen molar-refractivity contribution < 1.29 is 17.8 Å². The Hall–Kier alpha value is -0.460. The van der Waals surface area contributed by atoms with Crippen molar-refractivity contribution in [2.75, 3.05) is 0 Å². The monoisotopic (exact) mass is 124 g/mol. The van der Waals surface area contributed by atoms with Crippen molar-refractivity contribution in [3.63, 3.8) is 0 Å². The smallest absolute Gasteiger partial charge is 0.231 e. The molecule has 0 aromatic heterocycles. The lowest BCUT2D eigenvalue weighted by atomic mass is 11.5. The molecule has 6 heteroatoms. The van der Waals surface area contributed by atoms with E-state index in [0.29, 0.717) is 0 Å². The first kappa shape index (κ1) is 6.54. The Morgan fingerprint density at radius 1 is 1.86 bits per heavy atom. The van der Waals surface area contributed by atoms with Gasteiger partial charge in [0.2, 0.25) is 6.41 Å². The molecular weight excluding hydrogens is 122 g/mol. The van der Waals surface area contributed by atoms with Crippen molar-refractivity contribution in [2.24, 2.45) is 0 Å². The SMILES string of the molecule is O=CNOS(=O)[O-]. The highest BCUT2D eigenvalue weighted by molar-refractivity contribution is 7.74. The van der Waals surface area contributed by atoms with Gasteiger partial charge in [-0.15, -0.1) is 0 Å². The quantitative estimate of drug-likeness (QED) is 0.281. The summed E-state index contributed by atoms with van der Waals surface area (Å²) in [6.45, 7) is 0. The fourth-order valence-corrected chi connectivity index (χ4v) is 0.177. The molecular formula is CH2NO4S-. The molecule has 1 amide bonds. The first-order chi connectivity index (χ1) is 3.27. The molecule has 0 fully saturated rings. The number of carbonyl (C=O) groups is 1. The number of hydrogen-bond donors (Lipinski definition) is 1. The summed E-state index contributed by atoms with van der Waals surface area (Å²) in [7, 11) is 0. The molecule has 0 radical (unpaired) electrons. The molecule has 7 heavy (non-hydrogen) atoms. The molecule has 0 bridgehead atoms. The van der Waals surface area contributed by atoms with Crippen LogP contribution in [0.25, 0.3) is 0 Å². The van der Waals surface area contributed by atoms with E-state index in [9.17, 15) is 13.6 Å². The van der Waals surface area contributed by atoms with Gasteiger partial charge in [0.05, 0.1) is 0 Å². The van der Waals surface area contributed by atoms with Gasteiger partial charge >= 0.3 is 0 Å². The third-order valence-electron chi connectivity index (χ3n) is 0.164. The van der Waals surface area contributed by atoms with E-state index >= 15 is 0 Å². The molecule has 0 saturated heterocycles. The molecule has 0 heterocycles. The Bertz CT molecular complexity index is 81.8. The van der Waals surface area contributed by atoms with E-state index in [1.807, 2.05) is 0 Å². The Labute approximate surface area is 42.1 Å². The number of hydrogen-bond acceptors (Lipinski definition) is 4. The molecule has 0 aliphatic heterocycles. The number of rotatable bonds is 3. The predicted molar refractivity (Wildman–Crippen MR) is 19.2 cm³/mol. The van der Waals surface area contributed by atoms with E-state index in [1.165, 1.54) is 5.48 Å². The van der Waals surface area contributed by atoms with Gasteiger partial charge in [0.1, 0.15) is 11.4 Å². The molecule has 5 nitrogen and oxygen atoms in total. The van der Waals surface area contributed by atoms with Crippen LogP contribution in [-0.4, -0.2) is 15.2 Å². The Morgan fingerprint density at radius 2 is 2.43 bits per heavy atom. The van der Waals surface area contributed by atoms with Gasteiger partial charge in [-0.2, -0.15) is 4.28 Å². The largest absolute Gasteiger partial charge is 0.748 e. The molecule has 0 aliphatic rings. The number of amides is 1. The van der Waals surface area contributed by atoms with Gasteiger partial charge < -0.3 is 4.55 Å². The van der Waals surface area contributed by atoms with Crippen molar-refractivity contribution in [3.8, 4) is 0 Å². The van der Waals surface area contributed by atoms with E-state index in [4.69, 9.17) is 0 Å². The molecule has 42 valence electrons. The van der Waals surface area contributed by atoms with Gasteiger partial charge in [-0.25, -0.2) is 9.69 Å². The van der Waals surface area contributed by atoms with Crippen LogP contribution in [0.5, 0.6) is 0 Å². The average molecular weight is 124 g/mol. The zero-order chi connectivity index (χ0) is 5.70. The maximum atomic E-state index is 9.31. The van der Waals surface area contributed by atoms with Crippen molar-refractivity contribution >= 4 is 17.8 Å². The third-order valence-corrected chi connectivity index (χ3v) is 0.397. The Balaban J connectivity index is 2.97. The zero-order valence-corrected chi connectivity index (χ0v) is 3.94. The lowest BCUT2D eigenvalue weighted by Gasteiger charge is -1.98.